The molecule has 1 aromatic heterocycles. The van der Waals surface area contributed by atoms with Crippen molar-refractivity contribution in [3.63, 3.8) is 0 Å². The molecule has 0 bridgehead atoms. The van der Waals surface area contributed by atoms with Gasteiger partial charge in [0.15, 0.2) is 0 Å². The zero-order chi connectivity index (χ0) is 9.14. The van der Waals surface area contributed by atoms with Crippen LogP contribution in [0.1, 0.15) is 15.2 Å². The zero-order valence-electron chi connectivity index (χ0n) is 5.74. The molecule has 0 radical (unpaired) electrons. The molecule has 0 aliphatic heterocycles. The highest BCUT2D eigenvalue weighted by atomic mass is 32.1. The van der Waals surface area contributed by atoms with E-state index in [-0.39, 0.29) is 16.1 Å². The van der Waals surface area contributed by atoms with Gasteiger partial charge in [0.05, 0.1) is 23.1 Å². The lowest BCUT2D eigenvalue weighted by Gasteiger charge is -1.87. The Hall–Kier alpha value is -1.30. The first-order chi connectivity index (χ1) is 5.70. The molecule has 0 amide bonds. The number of hydrogen-bond acceptors (Lipinski definition) is 3. The number of nitrogens with zero attached hydrogens (tertiary/aromatic N) is 2. The van der Waals surface area contributed by atoms with E-state index in [1.165, 1.54) is 5.38 Å². The van der Waals surface area contributed by atoms with E-state index in [2.05, 4.69) is 17.5 Å². The molecule has 3 nitrogen and oxygen atoms in total. The maximum absolute atomic E-state index is 10.8. The molecular weight excluding hydrogens is 192 g/mol. The molecule has 5 heteroatoms. The van der Waals surface area contributed by atoms with Gasteiger partial charge in [-0.3, -0.25) is 4.79 Å². The molecule has 0 aliphatic carbocycles. The van der Waals surface area contributed by atoms with Crippen LogP contribution in [0.5, 0.6) is 0 Å². The van der Waals surface area contributed by atoms with Gasteiger partial charge < -0.3 is 0 Å². The van der Waals surface area contributed by atoms with Crippen molar-refractivity contribution >= 4 is 34.8 Å². The zero-order valence-corrected chi connectivity index (χ0v) is 7.45. The van der Waals surface area contributed by atoms with Gasteiger partial charge in [0.1, 0.15) is 0 Å². The molecule has 0 aromatic carbocycles. The lowest BCUT2D eigenvalue weighted by Crippen LogP contribution is -1.86. The summed E-state index contributed by atoms with van der Waals surface area (Å²) in [6, 6.07) is 1.80. The van der Waals surface area contributed by atoms with E-state index >= 15 is 0 Å². The molecular formula is C7H2N2OS2. The van der Waals surface area contributed by atoms with Crippen molar-refractivity contribution in [3.8, 4) is 6.07 Å². The lowest BCUT2D eigenvalue weighted by atomic mass is 10.2. The Balaban J connectivity index is 3.38. The van der Waals surface area contributed by atoms with Crippen molar-refractivity contribution < 1.29 is 4.79 Å². The van der Waals surface area contributed by atoms with Crippen molar-refractivity contribution in [1.29, 1.82) is 5.26 Å². The largest absolute Gasteiger partial charge is 0.281 e. The van der Waals surface area contributed by atoms with Crippen LogP contribution in [0.25, 0.3) is 4.85 Å². The van der Waals surface area contributed by atoms with E-state index in [1.54, 1.807) is 6.07 Å². The smallest absolute Gasteiger partial charge is 0.226 e. The summed E-state index contributed by atoms with van der Waals surface area (Å²) in [7, 11) is 0. The van der Waals surface area contributed by atoms with Crippen LogP contribution < -0.4 is 0 Å². The molecule has 1 heterocycles. The molecule has 1 aromatic rings. The van der Waals surface area contributed by atoms with E-state index in [1.807, 2.05) is 0 Å². The number of thiol groups is 1. The maximum Gasteiger partial charge on any atom is 0.226 e. The topological polar surface area (TPSA) is 45.2 Å². The van der Waals surface area contributed by atoms with E-state index in [0.717, 1.165) is 11.3 Å². The molecule has 0 aliphatic rings. The molecule has 0 spiro atoms. The first-order valence-corrected chi connectivity index (χ1v) is 4.15. The third kappa shape index (κ3) is 1.33. The van der Waals surface area contributed by atoms with E-state index in [9.17, 15) is 4.79 Å². The second-order valence-electron chi connectivity index (χ2n) is 1.85. The monoisotopic (exact) mass is 194 g/mol. The third-order valence-corrected chi connectivity index (χ3v) is 2.54. The second-order valence-corrected chi connectivity index (χ2v) is 3.14. The Bertz CT molecular complexity index is 408. The number of carbonyl (C=O) groups is 1. The predicted molar refractivity (Wildman–Crippen MR) is 48.6 cm³/mol. The highest BCUT2D eigenvalue weighted by Crippen LogP contribution is 2.29. The SMILES string of the molecule is [C-]#[N+]c1csc(C(=O)S)c1C#N. The number of carbonyl (C=O) groups excluding carboxylic acids is 1. The van der Waals surface area contributed by atoms with Gasteiger partial charge >= 0.3 is 0 Å². The number of hydrogen-bond donors (Lipinski definition) is 1. The van der Waals surface area contributed by atoms with Gasteiger partial charge in [0.2, 0.25) is 10.8 Å². The van der Waals surface area contributed by atoms with Gasteiger partial charge in [0.25, 0.3) is 0 Å². The summed E-state index contributed by atoms with van der Waals surface area (Å²) >= 11 is 4.65. The number of rotatable bonds is 1. The van der Waals surface area contributed by atoms with Crippen molar-refractivity contribution in [1.82, 2.24) is 0 Å². The molecule has 58 valence electrons. The highest BCUT2D eigenvalue weighted by molar-refractivity contribution is 7.97. The van der Waals surface area contributed by atoms with Crippen LogP contribution in [-0.4, -0.2) is 5.12 Å². The highest BCUT2D eigenvalue weighted by Gasteiger charge is 2.14. The molecule has 0 unspecified atom stereocenters. The van der Waals surface area contributed by atoms with Crippen LogP contribution in [0.15, 0.2) is 5.38 Å². The average molecular weight is 194 g/mol. The van der Waals surface area contributed by atoms with Crippen LogP contribution in [0.3, 0.4) is 0 Å². The van der Waals surface area contributed by atoms with Gasteiger partial charge in [-0.05, 0) is 5.38 Å². The van der Waals surface area contributed by atoms with Crippen molar-refractivity contribution in [2.75, 3.05) is 0 Å². The van der Waals surface area contributed by atoms with Crippen LogP contribution in [0.4, 0.5) is 5.69 Å². The van der Waals surface area contributed by atoms with Crippen LogP contribution in [0.2, 0.25) is 0 Å². The normalized spacial score (nSPS) is 8.58. The summed E-state index contributed by atoms with van der Waals surface area (Å²) in [5, 5.41) is 9.61. The first-order valence-electron chi connectivity index (χ1n) is 2.83. The quantitative estimate of drug-likeness (QED) is 0.550. The Morgan fingerprint density at radius 3 is 2.92 bits per heavy atom. The number of nitriles is 1. The Kier molecular flexibility index (Phi) is 2.49. The average Bonchev–Trinajstić information content (AvgIpc) is 2.46. The summed E-state index contributed by atoms with van der Waals surface area (Å²) in [6.07, 6.45) is 0. The fourth-order valence-electron chi connectivity index (χ4n) is 0.697. The van der Waals surface area contributed by atoms with Crippen LogP contribution >= 0.6 is 24.0 Å². The lowest BCUT2D eigenvalue weighted by molar-refractivity contribution is 0.109. The summed E-state index contributed by atoms with van der Waals surface area (Å²) < 4.78 is 0. The molecule has 0 saturated heterocycles. The molecule has 0 fully saturated rings. The van der Waals surface area contributed by atoms with E-state index in [4.69, 9.17) is 11.8 Å². The van der Waals surface area contributed by atoms with Crippen molar-refractivity contribution in [2.24, 2.45) is 0 Å². The molecule has 1 rings (SSSR count). The fraction of sp³-hybridized carbons (Fsp3) is 0. The molecule has 0 N–H and O–H groups in total. The summed E-state index contributed by atoms with van der Waals surface area (Å²) in [6.45, 7) is 6.69. The maximum atomic E-state index is 10.8. The van der Waals surface area contributed by atoms with Crippen LogP contribution in [-0.2, 0) is 0 Å². The van der Waals surface area contributed by atoms with E-state index < -0.39 is 5.12 Å². The minimum atomic E-state index is -0.466. The van der Waals surface area contributed by atoms with E-state index in [0.29, 0.717) is 0 Å². The van der Waals surface area contributed by atoms with Gasteiger partial charge in [0, 0.05) is 0 Å². The Morgan fingerprint density at radius 1 is 1.83 bits per heavy atom. The van der Waals surface area contributed by atoms with Crippen molar-refractivity contribution in [3.05, 3.63) is 27.2 Å². The van der Waals surface area contributed by atoms with Crippen molar-refractivity contribution in [2.45, 2.75) is 0 Å². The van der Waals surface area contributed by atoms with Gasteiger partial charge in [-0.1, -0.05) is 12.6 Å². The molecule has 12 heavy (non-hydrogen) atoms. The summed E-state index contributed by atoms with van der Waals surface area (Å²) in [5.74, 6) is 0. The second kappa shape index (κ2) is 3.40. The predicted octanol–water partition coefficient (Wildman–Crippen LogP) is 2.24. The standard InChI is InChI=1S/C7H2N2OS2/c1-9-5-3-12-6(7(10)11)4(5)2-8/h3H,(H,10,11). The Labute approximate surface area is 78.5 Å². The first kappa shape index (κ1) is 8.79. The minimum Gasteiger partial charge on any atom is -0.281 e. The van der Waals surface area contributed by atoms with Gasteiger partial charge in [-0.15, -0.1) is 0 Å². The Morgan fingerprint density at radius 2 is 2.50 bits per heavy atom. The van der Waals surface area contributed by atoms with Gasteiger partial charge in [-0.25, -0.2) is 4.85 Å². The molecule has 0 saturated carbocycles. The molecule has 0 atom stereocenters. The third-order valence-electron chi connectivity index (χ3n) is 1.20. The minimum absolute atomic E-state index is 0.134. The van der Waals surface area contributed by atoms with Crippen LogP contribution in [0, 0.1) is 17.9 Å². The summed E-state index contributed by atoms with van der Waals surface area (Å²) in [5.41, 5.74) is 0.356. The number of thiophene rings is 1. The summed E-state index contributed by atoms with van der Waals surface area (Å²) in [4.78, 5) is 14.1. The fourth-order valence-corrected chi connectivity index (χ4v) is 1.74. The van der Waals surface area contributed by atoms with Gasteiger partial charge in [-0.2, -0.15) is 16.6 Å².